The minimum Gasteiger partial charge on any atom is -0.449 e. The van der Waals surface area contributed by atoms with Gasteiger partial charge in [0.15, 0.2) is 5.60 Å². The molecular weight excluding hydrogens is 282 g/mol. The number of carbonyl (C=O) groups excluding carboxylic acids is 4. The van der Waals surface area contributed by atoms with Gasteiger partial charge in [0.2, 0.25) is 6.79 Å². The highest BCUT2D eigenvalue weighted by atomic mass is 16.7. The fraction of sp³-hybridized carbons (Fsp3) is 0.692. The van der Waals surface area contributed by atoms with Crippen molar-refractivity contribution in [3.8, 4) is 0 Å². The van der Waals surface area contributed by atoms with Crippen molar-refractivity contribution in [2.24, 2.45) is 5.73 Å². The largest absolute Gasteiger partial charge is 0.449 e. The molecule has 0 heterocycles. The SMILES string of the molecule is CCC(CC)(OC(=O)CCC(=O)OCOC(C)=O)C(N)=O. The minimum absolute atomic E-state index is 0.248. The summed E-state index contributed by atoms with van der Waals surface area (Å²) < 4.78 is 14.0. The average Bonchev–Trinajstić information content (AvgIpc) is 2.42. The highest BCUT2D eigenvalue weighted by Crippen LogP contribution is 2.21. The number of hydrogen-bond acceptors (Lipinski definition) is 7. The number of hydrogen-bond donors (Lipinski definition) is 1. The van der Waals surface area contributed by atoms with Crippen LogP contribution >= 0.6 is 0 Å². The first-order valence-corrected chi connectivity index (χ1v) is 6.58. The van der Waals surface area contributed by atoms with Gasteiger partial charge in [0, 0.05) is 6.92 Å². The Hall–Kier alpha value is -2.12. The summed E-state index contributed by atoms with van der Waals surface area (Å²) in [5, 5.41) is 0. The Morgan fingerprint density at radius 1 is 0.952 bits per heavy atom. The van der Waals surface area contributed by atoms with E-state index in [9.17, 15) is 19.2 Å². The van der Waals surface area contributed by atoms with Gasteiger partial charge in [0.25, 0.3) is 5.91 Å². The lowest BCUT2D eigenvalue weighted by molar-refractivity contribution is -0.172. The monoisotopic (exact) mass is 303 g/mol. The van der Waals surface area contributed by atoms with Gasteiger partial charge in [-0.25, -0.2) is 0 Å². The van der Waals surface area contributed by atoms with Crippen molar-refractivity contribution in [1.82, 2.24) is 0 Å². The fourth-order valence-corrected chi connectivity index (χ4v) is 1.52. The normalized spacial score (nSPS) is 10.6. The van der Waals surface area contributed by atoms with Crippen molar-refractivity contribution in [3.05, 3.63) is 0 Å². The van der Waals surface area contributed by atoms with E-state index < -0.39 is 36.2 Å². The minimum atomic E-state index is -1.35. The third-order valence-corrected chi connectivity index (χ3v) is 2.92. The summed E-state index contributed by atoms with van der Waals surface area (Å²) in [6.07, 6.45) is -0.000748. The van der Waals surface area contributed by atoms with E-state index in [1.807, 2.05) is 0 Å². The summed E-state index contributed by atoms with van der Waals surface area (Å²) in [6, 6.07) is 0. The van der Waals surface area contributed by atoms with E-state index in [4.69, 9.17) is 10.5 Å². The molecule has 0 radical (unpaired) electrons. The summed E-state index contributed by atoms with van der Waals surface area (Å²) in [5.41, 5.74) is 3.89. The van der Waals surface area contributed by atoms with Crippen LogP contribution in [0.5, 0.6) is 0 Å². The molecule has 0 aromatic heterocycles. The maximum Gasteiger partial charge on any atom is 0.309 e. The topological polar surface area (TPSA) is 122 Å². The van der Waals surface area contributed by atoms with Crippen molar-refractivity contribution in [2.45, 2.75) is 52.1 Å². The van der Waals surface area contributed by atoms with Crippen LogP contribution in [0.15, 0.2) is 0 Å². The zero-order valence-corrected chi connectivity index (χ0v) is 12.5. The number of amides is 1. The van der Waals surface area contributed by atoms with Crippen LogP contribution in [0.1, 0.15) is 46.5 Å². The van der Waals surface area contributed by atoms with Crippen LogP contribution in [0.4, 0.5) is 0 Å². The standard InChI is InChI=1S/C13H21NO7/c1-4-13(5-2,12(14)18)21-11(17)7-6-10(16)20-8-19-9(3)15/h4-8H2,1-3H3,(H2,14,18). The van der Waals surface area contributed by atoms with Gasteiger partial charge in [-0.3, -0.25) is 19.2 Å². The average molecular weight is 303 g/mol. The fourth-order valence-electron chi connectivity index (χ4n) is 1.52. The lowest BCUT2D eigenvalue weighted by Crippen LogP contribution is -2.46. The molecule has 21 heavy (non-hydrogen) atoms. The van der Waals surface area contributed by atoms with Crippen molar-refractivity contribution < 1.29 is 33.4 Å². The summed E-state index contributed by atoms with van der Waals surface area (Å²) in [6.45, 7) is 4.02. The second-order valence-electron chi connectivity index (χ2n) is 4.31. The van der Waals surface area contributed by atoms with E-state index in [1.54, 1.807) is 13.8 Å². The number of rotatable bonds is 9. The third kappa shape index (κ3) is 6.73. The number of esters is 3. The Kier molecular flexibility index (Phi) is 8.03. The van der Waals surface area contributed by atoms with Gasteiger partial charge in [-0.15, -0.1) is 0 Å². The number of ether oxygens (including phenoxy) is 3. The van der Waals surface area contributed by atoms with Crippen LogP contribution in [-0.4, -0.2) is 36.2 Å². The van der Waals surface area contributed by atoms with Crippen LogP contribution in [0.3, 0.4) is 0 Å². The summed E-state index contributed by atoms with van der Waals surface area (Å²) >= 11 is 0. The maximum atomic E-state index is 11.6. The highest BCUT2D eigenvalue weighted by Gasteiger charge is 2.37. The predicted molar refractivity (Wildman–Crippen MR) is 70.6 cm³/mol. The van der Waals surface area contributed by atoms with Crippen LogP contribution in [-0.2, 0) is 33.4 Å². The van der Waals surface area contributed by atoms with Crippen molar-refractivity contribution in [1.29, 1.82) is 0 Å². The molecule has 0 aromatic rings. The molecule has 0 atom stereocenters. The number of carbonyl (C=O) groups is 4. The lowest BCUT2D eigenvalue weighted by atomic mass is 9.96. The van der Waals surface area contributed by atoms with E-state index in [0.717, 1.165) is 0 Å². The van der Waals surface area contributed by atoms with Crippen LogP contribution in [0.2, 0.25) is 0 Å². The summed E-state index contributed by atoms with van der Waals surface area (Å²) in [4.78, 5) is 44.7. The molecule has 0 aliphatic carbocycles. The molecule has 0 fully saturated rings. The highest BCUT2D eigenvalue weighted by molar-refractivity contribution is 5.87. The summed E-state index contributed by atoms with van der Waals surface area (Å²) in [7, 11) is 0. The Morgan fingerprint density at radius 3 is 1.90 bits per heavy atom. The molecule has 2 N–H and O–H groups in total. The Bertz CT molecular complexity index is 401. The van der Waals surface area contributed by atoms with Crippen molar-refractivity contribution in [3.63, 3.8) is 0 Å². The van der Waals surface area contributed by atoms with E-state index >= 15 is 0 Å². The van der Waals surface area contributed by atoms with Crippen LogP contribution in [0, 0.1) is 0 Å². The second kappa shape index (κ2) is 8.93. The molecule has 0 aromatic carbocycles. The molecule has 0 unspecified atom stereocenters. The van der Waals surface area contributed by atoms with Crippen LogP contribution in [0.25, 0.3) is 0 Å². The molecule has 8 heteroatoms. The van der Waals surface area contributed by atoms with Gasteiger partial charge in [-0.2, -0.15) is 0 Å². The van der Waals surface area contributed by atoms with Crippen LogP contribution < -0.4 is 5.73 Å². The third-order valence-electron chi connectivity index (χ3n) is 2.92. The van der Waals surface area contributed by atoms with Gasteiger partial charge < -0.3 is 19.9 Å². The molecule has 120 valence electrons. The smallest absolute Gasteiger partial charge is 0.309 e. The quantitative estimate of drug-likeness (QED) is 0.483. The first-order valence-electron chi connectivity index (χ1n) is 6.58. The molecular formula is C13H21NO7. The van der Waals surface area contributed by atoms with Gasteiger partial charge >= 0.3 is 17.9 Å². The molecule has 1 amide bonds. The van der Waals surface area contributed by atoms with Crippen molar-refractivity contribution in [2.75, 3.05) is 6.79 Å². The molecule has 0 saturated heterocycles. The van der Waals surface area contributed by atoms with E-state index in [2.05, 4.69) is 9.47 Å². The van der Waals surface area contributed by atoms with Gasteiger partial charge in [-0.1, -0.05) is 13.8 Å². The van der Waals surface area contributed by atoms with Gasteiger partial charge in [0.05, 0.1) is 12.8 Å². The first-order chi connectivity index (χ1) is 9.77. The maximum absolute atomic E-state index is 11.6. The zero-order chi connectivity index (χ0) is 16.5. The number of primary amides is 1. The lowest BCUT2D eigenvalue weighted by Gasteiger charge is -2.27. The van der Waals surface area contributed by atoms with E-state index in [-0.39, 0.29) is 25.7 Å². The number of nitrogens with two attached hydrogens (primary N) is 1. The van der Waals surface area contributed by atoms with Gasteiger partial charge in [-0.05, 0) is 12.8 Å². The molecule has 0 aliphatic heterocycles. The Labute approximate surface area is 122 Å². The molecule has 0 bridgehead atoms. The predicted octanol–water partition coefficient (Wildman–Crippen LogP) is 0.418. The summed E-state index contributed by atoms with van der Waals surface area (Å²) in [5.74, 6) is -2.74. The molecule has 0 aliphatic rings. The molecule has 8 nitrogen and oxygen atoms in total. The zero-order valence-electron chi connectivity index (χ0n) is 12.5. The Balaban J connectivity index is 4.22. The molecule has 0 saturated carbocycles. The Morgan fingerprint density at radius 2 is 1.48 bits per heavy atom. The van der Waals surface area contributed by atoms with E-state index in [1.165, 1.54) is 6.92 Å². The van der Waals surface area contributed by atoms with Gasteiger partial charge in [0.1, 0.15) is 0 Å². The molecule has 0 rings (SSSR count). The first kappa shape index (κ1) is 18.9. The van der Waals surface area contributed by atoms with Crippen molar-refractivity contribution >= 4 is 23.8 Å². The second-order valence-corrected chi connectivity index (χ2v) is 4.31. The molecule has 0 spiro atoms. The van der Waals surface area contributed by atoms with E-state index in [0.29, 0.717) is 0 Å².